The molecule has 1 aliphatic rings. The van der Waals surface area contributed by atoms with Gasteiger partial charge in [-0.05, 0) is 24.3 Å². The summed E-state index contributed by atoms with van der Waals surface area (Å²) in [4.78, 5) is 0. The molecule has 2 aromatic rings. The van der Waals surface area contributed by atoms with Crippen LogP contribution in [0.1, 0.15) is 11.1 Å². The van der Waals surface area contributed by atoms with Gasteiger partial charge in [-0.3, -0.25) is 5.41 Å². The van der Waals surface area contributed by atoms with Crippen molar-refractivity contribution < 1.29 is 17.3 Å². The van der Waals surface area contributed by atoms with Gasteiger partial charge in [-0.2, -0.15) is 8.42 Å². The number of ether oxygens (including phenoxy) is 1. The Balaban J connectivity index is 2.00. The van der Waals surface area contributed by atoms with Gasteiger partial charge in [-0.25, -0.2) is 0 Å². The highest BCUT2D eigenvalue weighted by Gasteiger charge is 2.58. The van der Waals surface area contributed by atoms with Crippen LogP contribution in [0.15, 0.2) is 42.5 Å². The number of hydrogen-bond donors (Lipinski definition) is 1. The lowest BCUT2D eigenvalue weighted by atomic mass is 9.91. The first-order valence-corrected chi connectivity index (χ1v) is 9.03. The third-order valence-corrected chi connectivity index (χ3v) is 4.40. The summed E-state index contributed by atoms with van der Waals surface area (Å²) in [6.07, 6.45) is 0.968. The van der Waals surface area contributed by atoms with Crippen LogP contribution >= 0.6 is 23.2 Å². The number of nitrogens with one attached hydrogen (secondary N) is 1. The minimum atomic E-state index is -3.59. The summed E-state index contributed by atoms with van der Waals surface area (Å²) in [6, 6.07) is 11.2. The fourth-order valence-electron chi connectivity index (χ4n) is 2.35. The van der Waals surface area contributed by atoms with E-state index in [-0.39, 0.29) is 11.6 Å². The van der Waals surface area contributed by atoms with Crippen LogP contribution in [-0.4, -0.2) is 20.6 Å². The predicted molar refractivity (Wildman–Crippen MR) is 88.0 cm³/mol. The maximum Gasteiger partial charge on any atom is 0.306 e. The topological polar surface area (TPSA) is 79.8 Å². The maximum absolute atomic E-state index is 11.1. The van der Waals surface area contributed by atoms with Gasteiger partial charge in [-0.1, -0.05) is 41.4 Å². The molecule has 0 aromatic heterocycles. The first-order valence-electron chi connectivity index (χ1n) is 6.46. The van der Waals surface area contributed by atoms with Crippen molar-refractivity contribution >= 4 is 39.2 Å². The van der Waals surface area contributed by atoms with E-state index in [1.165, 1.54) is 12.1 Å². The molecule has 1 saturated heterocycles. The van der Waals surface area contributed by atoms with E-state index in [1.54, 1.807) is 30.3 Å². The standard InChI is InChI=1S/C15H11Cl2NO4S/c1-23(19,20)22-11-5-2-9(3-6-11)15(14(18)21-15)12-7-4-10(16)8-13(12)17/h2-8,18H,1H3. The molecule has 0 saturated carbocycles. The number of rotatable bonds is 4. The molecular weight excluding hydrogens is 361 g/mol. The van der Waals surface area contributed by atoms with E-state index < -0.39 is 15.7 Å². The van der Waals surface area contributed by atoms with Gasteiger partial charge in [-0.15, -0.1) is 0 Å². The zero-order valence-corrected chi connectivity index (χ0v) is 14.2. The van der Waals surface area contributed by atoms with Crippen molar-refractivity contribution in [1.29, 1.82) is 5.41 Å². The Bertz CT molecular complexity index is 896. The van der Waals surface area contributed by atoms with Crippen LogP contribution in [-0.2, 0) is 20.5 Å². The molecule has 1 unspecified atom stereocenters. The SMILES string of the molecule is CS(=O)(=O)Oc1ccc(C2(c3ccc(Cl)cc3Cl)OC2=N)cc1. The number of epoxide rings is 1. The summed E-state index contributed by atoms with van der Waals surface area (Å²) in [5, 5.41) is 8.77. The van der Waals surface area contributed by atoms with E-state index >= 15 is 0 Å². The third-order valence-electron chi connectivity index (χ3n) is 3.35. The van der Waals surface area contributed by atoms with Gasteiger partial charge >= 0.3 is 10.1 Å². The Labute approximate surface area is 143 Å². The molecule has 5 nitrogen and oxygen atoms in total. The van der Waals surface area contributed by atoms with E-state index in [0.717, 1.165) is 6.26 Å². The minimum Gasteiger partial charge on any atom is -0.451 e. The molecule has 8 heteroatoms. The zero-order chi connectivity index (χ0) is 16.8. The van der Waals surface area contributed by atoms with Gasteiger partial charge in [0.1, 0.15) is 5.75 Å². The van der Waals surface area contributed by atoms with Crippen LogP contribution in [0.2, 0.25) is 10.0 Å². The molecule has 1 aliphatic heterocycles. The Morgan fingerprint density at radius 3 is 2.22 bits per heavy atom. The normalized spacial score (nSPS) is 20.0. The molecule has 0 amide bonds. The highest BCUT2D eigenvalue weighted by Crippen LogP contribution is 2.49. The summed E-state index contributed by atoms with van der Waals surface area (Å²) in [5.74, 6) is 0.235. The molecular formula is C15H11Cl2NO4S. The minimum absolute atomic E-state index is 0.0542. The van der Waals surface area contributed by atoms with Gasteiger partial charge in [0.15, 0.2) is 0 Å². The average Bonchev–Trinajstić information content (AvgIpc) is 3.10. The summed E-state index contributed by atoms with van der Waals surface area (Å²) in [6.45, 7) is 0. The second kappa shape index (κ2) is 5.40. The molecule has 1 fully saturated rings. The smallest absolute Gasteiger partial charge is 0.306 e. The van der Waals surface area contributed by atoms with E-state index in [2.05, 4.69) is 0 Å². The molecule has 1 heterocycles. The molecule has 0 bridgehead atoms. The monoisotopic (exact) mass is 371 g/mol. The van der Waals surface area contributed by atoms with Crippen LogP contribution in [0.3, 0.4) is 0 Å². The first kappa shape index (κ1) is 16.1. The van der Waals surface area contributed by atoms with Gasteiger partial charge in [0.05, 0.1) is 11.3 Å². The average molecular weight is 372 g/mol. The number of benzene rings is 2. The summed E-state index contributed by atoms with van der Waals surface area (Å²) in [5.41, 5.74) is 0.184. The largest absolute Gasteiger partial charge is 0.451 e. The maximum atomic E-state index is 11.1. The van der Waals surface area contributed by atoms with Crippen LogP contribution in [0, 0.1) is 5.41 Å². The van der Waals surface area contributed by atoms with Crippen molar-refractivity contribution in [3.63, 3.8) is 0 Å². The Hall–Kier alpha value is -1.76. The highest BCUT2D eigenvalue weighted by atomic mass is 35.5. The Kier molecular flexibility index (Phi) is 3.78. The van der Waals surface area contributed by atoms with Gasteiger partial charge in [0.2, 0.25) is 11.5 Å². The van der Waals surface area contributed by atoms with Crippen LogP contribution in [0.5, 0.6) is 5.75 Å². The zero-order valence-electron chi connectivity index (χ0n) is 11.8. The summed E-state index contributed by atoms with van der Waals surface area (Å²) in [7, 11) is -3.59. The van der Waals surface area contributed by atoms with Crippen molar-refractivity contribution in [3.05, 3.63) is 63.6 Å². The van der Waals surface area contributed by atoms with Gasteiger partial charge in [0.25, 0.3) is 0 Å². The fourth-order valence-corrected chi connectivity index (χ4v) is 3.35. The molecule has 120 valence electrons. The molecule has 0 radical (unpaired) electrons. The van der Waals surface area contributed by atoms with E-state index in [4.69, 9.17) is 37.5 Å². The second-order valence-corrected chi connectivity index (χ2v) is 7.47. The molecule has 0 spiro atoms. The van der Waals surface area contributed by atoms with Crippen LogP contribution in [0.4, 0.5) is 0 Å². The van der Waals surface area contributed by atoms with E-state index in [0.29, 0.717) is 21.2 Å². The fraction of sp³-hybridized carbons (Fsp3) is 0.133. The van der Waals surface area contributed by atoms with Crippen molar-refractivity contribution in [2.75, 3.05) is 6.26 Å². The van der Waals surface area contributed by atoms with E-state index in [1.807, 2.05) is 0 Å². The lowest BCUT2D eigenvalue weighted by Crippen LogP contribution is -2.13. The van der Waals surface area contributed by atoms with Crippen molar-refractivity contribution in [2.24, 2.45) is 0 Å². The molecule has 3 rings (SSSR count). The lowest BCUT2D eigenvalue weighted by molar-refractivity contribution is 0.370. The number of halogens is 2. The van der Waals surface area contributed by atoms with Gasteiger partial charge in [0, 0.05) is 16.1 Å². The summed E-state index contributed by atoms with van der Waals surface area (Å²) < 4.78 is 32.5. The third kappa shape index (κ3) is 3.02. The number of hydrogen-bond acceptors (Lipinski definition) is 5. The molecule has 2 aromatic carbocycles. The predicted octanol–water partition coefficient (Wildman–Crippen LogP) is 3.58. The summed E-state index contributed by atoms with van der Waals surface area (Å²) >= 11 is 12.1. The molecule has 0 aliphatic carbocycles. The second-order valence-electron chi connectivity index (χ2n) is 5.05. The Morgan fingerprint density at radius 1 is 1.13 bits per heavy atom. The molecule has 1 atom stereocenters. The first-order chi connectivity index (χ1) is 10.7. The van der Waals surface area contributed by atoms with Crippen molar-refractivity contribution in [2.45, 2.75) is 5.60 Å². The van der Waals surface area contributed by atoms with Crippen LogP contribution < -0.4 is 4.18 Å². The molecule has 23 heavy (non-hydrogen) atoms. The highest BCUT2D eigenvalue weighted by molar-refractivity contribution is 7.86. The van der Waals surface area contributed by atoms with E-state index in [9.17, 15) is 8.42 Å². The van der Waals surface area contributed by atoms with Crippen molar-refractivity contribution in [3.8, 4) is 5.75 Å². The van der Waals surface area contributed by atoms with Gasteiger partial charge < -0.3 is 8.92 Å². The quantitative estimate of drug-likeness (QED) is 0.657. The molecule has 1 N–H and O–H groups in total. The van der Waals surface area contributed by atoms with Crippen molar-refractivity contribution in [1.82, 2.24) is 0 Å². The Morgan fingerprint density at radius 2 is 1.74 bits per heavy atom. The lowest BCUT2D eigenvalue weighted by Gasteiger charge is -2.13. The van der Waals surface area contributed by atoms with Crippen LogP contribution in [0.25, 0.3) is 0 Å².